The van der Waals surface area contributed by atoms with Crippen molar-refractivity contribution in [1.82, 2.24) is 25.5 Å². The van der Waals surface area contributed by atoms with E-state index in [4.69, 9.17) is 0 Å². The van der Waals surface area contributed by atoms with Crippen molar-refractivity contribution in [2.24, 2.45) is 0 Å². The molecule has 102 valence electrons. The van der Waals surface area contributed by atoms with Crippen molar-refractivity contribution in [2.75, 3.05) is 0 Å². The van der Waals surface area contributed by atoms with Gasteiger partial charge in [-0.3, -0.25) is 9.59 Å². The molecule has 0 radical (unpaired) electrons. The lowest BCUT2D eigenvalue weighted by Gasteiger charge is -2.23. The lowest BCUT2D eigenvalue weighted by atomic mass is 9.92. The molecule has 1 atom stereocenters. The molecule has 0 fully saturated rings. The van der Waals surface area contributed by atoms with E-state index in [1.54, 1.807) is 12.1 Å². The van der Waals surface area contributed by atoms with Crippen LogP contribution in [0.15, 0.2) is 29.3 Å². The number of fused-ring (bicyclic) bond motifs is 1. The van der Waals surface area contributed by atoms with Crippen LogP contribution in [0.1, 0.15) is 28.3 Å². The smallest absolute Gasteiger partial charge is 0.289 e. The second-order valence-electron chi connectivity index (χ2n) is 4.69. The van der Waals surface area contributed by atoms with Crippen LogP contribution in [0.5, 0.6) is 0 Å². The van der Waals surface area contributed by atoms with Crippen molar-refractivity contribution < 1.29 is 4.79 Å². The zero-order valence-corrected chi connectivity index (χ0v) is 10.7. The molecule has 0 bridgehead atoms. The second-order valence-corrected chi connectivity index (χ2v) is 4.69. The summed E-state index contributed by atoms with van der Waals surface area (Å²) in [5, 5.41) is 9.34. The van der Waals surface area contributed by atoms with Crippen molar-refractivity contribution in [3.63, 3.8) is 0 Å². The average Bonchev–Trinajstić information content (AvgIpc) is 2.47. The SMILES string of the molecule is O=C(NC1CCc2n[nH]c(=O)cc2C1)c1ncccn1. The monoisotopic (exact) mass is 271 g/mol. The molecule has 3 rings (SSSR count). The maximum absolute atomic E-state index is 12.0. The molecular weight excluding hydrogens is 258 g/mol. The van der Waals surface area contributed by atoms with Gasteiger partial charge in [0.15, 0.2) is 0 Å². The first-order valence-electron chi connectivity index (χ1n) is 6.38. The molecule has 2 aromatic rings. The van der Waals surface area contributed by atoms with Gasteiger partial charge < -0.3 is 5.32 Å². The molecular formula is C13H13N5O2. The Morgan fingerprint density at radius 2 is 2.15 bits per heavy atom. The lowest BCUT2D eigenvalue weighted by molar-refractivity contribution is 0.0923. The molecule has 1 amide bonds. The molecule has 0 aliphatic heterocycles. The first-order valence-corrected chi connectivity index (χ1v) is 6.38. The highest BCUT2D eigenvalue weighted by Gasteiger charge is 2.22. The summed E-state index contributed by atoms with van der Waals surface area (Å²) in [6, 6.07) is 3.17. The minimum Gasteiger partial charge on any atom is -0.346 e. The number of H-pyrrole nitrogens is 1. The molecule has 2 N–H and O–H groups in total. The van der Waals surface area contributed by atoms with E-state index >= 15 is 0 Å². The number of amides is 1. The maximum Gasteiger partial charge on any atom is 0.289 e. The first-order chi connectivity index (χ1) is 9.72. The van der Waals surface area contributed by atoms with Gasteiger partial charge in [0.1, 0.15) is 0 Å². The van der Waals surface area contributed by atoms with Crippen LogP contribution in [0.25, 0.3) is 0 Å². The van der Waals surface area contributed by atoms with E-state index in [2.05, 4.69) is 25.5 Å². The molecule has 7 nitrogen and oxygen atoms in total. The summed E-state index contributed by atoms with van der Waals surface area (Å²) in [5.74, 6) is -0.140. The molecule has 0 saturated heterocycles. The number of carbonyl (C=O) groups is 1. The third-order valence-electron chi connectivity index (χ3n) is 3.28. The Labute approximate surface area is 114 Å². The number of hydrogen-bond acceptors (Lipinski definition) is 5. The molecule has 1 unspecified atom stereocenters. The van der Waals surface area contributed by atoms with Crippen LogP contribution in [-0.2, 0) is 12.8 Å². The van der Waals surface area contributed by atoms with Crippen LogP contribution in [0.2, 0.25) is 0 Å². The average molecular weight is 271 g/mol. The molecule has 2 aromatic heterocycles. The fourth-order valence-electron chi connectivity index (χ4n) is 2.33. The summed E-state index contributed by atoms with van der Waals surface area (Å²) in [6.07, 6.45) is 5.17. The highest BCUT2D eigenvalue weighted by atomic mass is 16.2. The van der Waals surface area contributed by atoms with E-state index in [1.165, 1.54) is 12.4 Å². The highest BCUT2D eigenvalue weighted by molar-refractivity contribution is 5.90. The van der Waals surface area contributed by atoms with E-state index in [9.17, 15) is 9.59 Å². The van der Waals surface area contributed by atoms with Gasteiger partial charge in [0, 0.05) is 24.5 Å². The standard InChI is InChI=1S/C13H13N5O2/c19-11-7-8-6-9(2-3-10(8)17-18-11)16-13(20)12-14-4-1-5-15-12/h1,4-5,7,9H,2-3,6H2,(H,16,20)(H,18,19). The third kappa shape index (κ3) is 2.56. The van der Waals surface area contributed by atoms with E-state index < -0.39 is 0 Å². The van der Waals surface area contributed by atoms with E-state index in [-0.39, 0.29) is 23.3 Å². The van der Waals surface area contributed by atoms with Crippen LogP contribution in [-0.4, -0.2) is 32.1 Å². The van der Waals surface area contributed by atoms with Crippen LogP contribution in [0.4, 0.5) is 0 Å². The molecule has 1 aliphatic carbocycles. The summed E-state index contributed by atoms with van der Waals surface area (Å²) in [6.45, 7) is 0. The van der Waals surface area contributed by atoms with Crippen molar-refractivity contribution in [3.05, 3.63) is 52.0 Å². The summed E-state index contributed by atoms with van der Waals surface area (Å²) >= 11 is 0. The van der Waals surface area contributed by atoms with Crippen molar-refractivity contribution >= 4 is 5.91 Å². The Kier molecular flexibility index (Phi) is 3.24. The quantitative estimate of drug-likeness (QED) is 0.791. The van der Waals surface area contributed by atoms with Gasteiger partial charge in [-0.2, -0.15) is 5.10 Å². The van der Waals surface area contributed by atoms with Crippen LogP contribution >= 0.6 is 0 Å². The number of aromatic amines is 1. The number of carbonyl (C=O) groups excluding carboxylic acids is 1. The van der Waals surface area contributed by atoms with Crippen LogP contribution in [0, 0.1) is 0 Å². The number of nitrogens with one attached hydrogen (secondary N) is 2. The second kappa shape index (κ2) is 5.20. The van der Waals surface area contributed by atoms with Crippen LogP contribution < -0.4 is 10.9 Å². The molecule has 1 aliphatic rings. The number of aryl methyl sites for hydroxylation is 1. The normalized spacial score (nSPS) is 17.3. The van der Waals surface area contributed by atoms with Crippen LogP contribution in [0.3, 0.4) is 0 Å². The van der Waals surface area contributed by atoms with Crippen molar-refractivity contribution in [1.29, 1.82) is 0 Å². The van der Waals surface area contributed by atoms with Gasteiger partial charge in [-0.1, -0.05) is 0 Å². The lowest BCUT2D eigenvalue weighted by Crippen LogP contribution is -2.40. The summed E-state index contributed by atoms with van der Waals surface area (Å²) in [7, 11) is 0. The summed E-state index contributed by atoms with van der Waals surface area (Å²) in [4.78, 5) is 31.1. The minimum atomic E-state index is -0.295. The predicted molar refractivity (Wildman–Crippen MR) is 70.2 cm³/mol. The topological polar surface area (TPSA) is 101 Å². The number of hydrogen-bond donors (Lipinski definition) is 2. The van der Waals surface area contributed by atoms with Gasteiger partial charge in [-0.05, 0) is 30.9 Å². The molecule has 0 aromatic carbocycles. The molecule has 20 heavy (non-hydrogen) atoms. The Bertz CT molecular complexity index is 683. The molecule has 2 heterocycles. The Morgan fingerprint density at radius 3 is 2.95 bits per heavy atom. The van der Waals surface area contributed by atoms with Crippen molar-refractivity contribution in [3.8, 4) is 0 Å². The molecule has 0 spiro atoms. The Hall–Kier alpha value is -2.57. The first kappa shape index (κ1) is 12.5. The number of rotatable bonds is 2. The van der Waals surface area contributed by atoms with Gasteiger partial charge in [0.05, 0.1) is 5.69 Å². The van der Waals surface area contributed by atoms with E-state index in [0.29, 0.717) is 6.42 Å². The zero-order valence-electron chi connectivity index (χ0n) is 10.7. The van der Waals surface area contributed by atoms with Crippen molar-refractivity contribution in [2.45, 2.75) is 25.3 Å². The molecule has 0 saturated carbocycles. The summed E-state index contributed by atoms with van der Waals surface area (Å²) < 4.78 is 0. The Morgan fingerprint density at radius 1 is 1.35 bits per heavy atom. The van der Waals surface area contributed by atoms with Gasteiger partial charge in [0.25, 0.3) is 11.5 Å². The van der Waals surface area contributed by atoms with Gasteiger partial charge in [-0.15, -0.1) is 0 Å². The van der Waals surface area contributed by atoms with E-state index in [1.807, 2.05) is 0 Å². The predicted octanol–water partition coefficient (Wildman–Crippen LogP) is -0.153. The van der Waals surface area contributed by atoms with Gasteiger partial charge in [-0.25, -0.2) is 15.1 Å². The maximum atomic E-state index is 12.0. The fourth-order valence-corrected chi connectivity index (χ4v) is 2.33. The number of nitrogens with zero attached hydrogens (tertiary/aromatic N) is 3. The van der Waals surface area contributed by atoms with E-state index in [0.717, 1.165) is 24.1 Å². The fraction of sp³-hybridized carbons (Fsp3) is 0.308. The summed E-state index contributed by atoms with van der Waals surface area (Å²) in [5.41, 5.74) is 1.56. The zero-order chi connectivity index (χ0) is 13.9. The third-order valence-corrected chi connectivity index (χ3v) is 3.28. The molecule has 7 heteroatoms. The highest BCUT2D eigenvalue weighted by Crippen LogP contribution is 2.17. The van der Waals surface area contributed by atoms with Gasteiger partial charge >= 0.3 is 0 Å². The number of aromatic nitrogens is 4. The van der Waals surface area contributed by atoms with Gasteiger partial charge in [0.2, 0.25) is 5.82 Å². The Balaban J connectivity index is 1.71. The largest absolute Gasteiger partial charge is 0.346 e. The minimum absolute atomic E-state index is 0.0255.